The van der Waals surface area contributed by atoms with Crippen molar-refractivity contribution in [2.24, 2.45) is 5.41 Å². The predicted molar refractivity (Wildman–Crippen MR) is 64.6 cm³/mol. The molecule has 0 nitrogen and oxygen atoms in total. The third-order valence-electron chi connectivity index (χ3n) is 4.14. The van der Waals surface area contributed by atoms with E-state index in [-0.39, 0.29) is 0 Å². The van der Waals surface area contributed by atoms with Crippen LogP contribution >= 0.6 is 0 Å². The summed E-state index contributed by atoms with van der Waals surface area (Å²) in [4.78, 5) is 4.34. The average Bonchev–Trinajstić information content (AvgIpc) is 2.93. The molecule has 2 rings (SSSR count). The summed E-state index contributed by atoms with van der Waals surface area (Å²) < 4.78 is 1.88. The molecule has 0 N–H and O–H groups in total. The SMILES string of the molecule is [CH2][CH2][Ir]1([C]2=C(C)C(C)=C(C)C2(C)C)[CH2][CH2]1. The van der Waals surface area contributed by atoms with Crippen molar-refractivity contribution < 1.29 is 15.3 Å². The Balaban J connectivity index is 2.51. The third-order valence-corrected chi connectivity index (χ3v) is 15.5. The van der Waals surface area contributed by atoms with Crippen molar-refractivity contribution in [3.63, 3.8) is 0 Å². The minimum atomic E-state index is -1.58. The van der Waals surface area contributed by atoms with Crippen LogP contribution in [0.4, 0.5) is 0 Å². The van der Waals surface area contributed by atoms with Crippen molar-refractivity contribution in [2.75, 3.05) is 0 Å². The van der Waals surface area contributed by atoms with E-state index in [0.717, 1.165) is 0 Å². The quantitative estimate of drug-likeness (QED) is 0.637. The average molecular weight is 384 g/mol. The molecule has 88 valence electrons. The van der Waals surface area contributed by atoms with E-state index in [1.807, 2.05) is 4.09 Å². The molecular formula is C14H23Ir. The Kier molecular flexibility index (Phi) is 2.56. The molecule has 1 aliphatic heterocycles. The van der Waals surface area contributed by atoms with Crippen LogP contribution in [0.2, 0.25) is 14.8 Å². The van der Waals surface area contributed by atoms with E-state index in [1.54, 1.807) is 26.6 Å². The van der Waals surface area contributed by atoms with Crippen molar-refractivity contribution in [2.45, 2.75) is 49.4 Å². The summed E-state index contributed by atoms with van der Waals surface area (Å²) in [5.74, 6) is 0. The second-order valence-corrected chi connectivity index (χ2v) is 16.1. The van der Waals surface area contributed by atoms with Crippen molar-refractivity contribution in [3.8, 4) is 0 Å². The molecule has 0 bridgehead atoms. The standard InChI is InChI=1S/C10H15.2C2H4.Ir/c1-7-6-10(4,5)9(3)8(7)2;2*1-2;/h1-5H3;2*1-2H2;. The molecule has 1 radical (unpaired) electrons. The van der Waals surface area contributed by atoms with Gasteiger partial charge >= 0.3 is 97.8 Å². The van der Waals surface area contributed by atoms with Crippen LogP contribution in [0.5, 0.6) is 0 Å². The zero-order valence-corrected chi connectivity index (χ0v) is 13.1. The molecule has 0 aromatic heterocycles. The minimum absolute atomic E-state index is 0.363. The Labute approximate surface area is 97.8 Å². The van der Waals surface area contributed by atoms with Crippen LogP contribution in [0.15, 0.2) is 20.8 Å². The van der Waals surface area contributed by atoms with Gasteiger partial charge in [0.25, 0.3) is 0 Å². The van der Waals surface area contributed by atoms with Crippen molar-refractivity contribution in [3.05, 3.63) is 27.7 Å². The van der Waals surface area contributed by atoms with Gasteiger partial charge in [0.15, 0.2) is 0 Å². The Morgan fingerprint density at radius 1 is 1.13 bits per heavy atom. The van der Waals surface area contributed by atoms with Gasteiger partial charge in [-0.3, -0.25) is 0 Å². The monoisotopic (exact) mass is 384 g/mol. The Morgan fingerprint density at radius 3 is 1.93 bits per heavy atom. The Morgan fingerprint density at radius 2 is 1.67 bits per heavy atom. The second-order valence-electron chi connectivity index (χ2n) is 5.15. The maximum atomic E-state index is 4.25. The number of rotatable bonds is 2. The van der Waals surface area contributed by atoms with Crippen LogP contribution in [0.25, 0.3) is 0 Å². The summed E-state index contributed by atoms with van der Waals surface area (Å²) in [5.41, 5.74) is 5.18. The maximum absolute atomic E-state index is 4.25. The van der Waals surface area contributed by atoms with Crippen LogP contribution in [-0.4, -0.2) is 0 Å². The van der Waals surface area contributed by atoms with Crippen molar-refractivity contribution in [1.82, 2.24) is 0 Å². The molecule has 1 aliphatic carbocycles. The van der Waals surface area contributed by atoms with E-state index in [2.05, 4.69) is 41.5 Å². The molecular weight excluding hydrogens is 360 g/mol. The second kappa shape index (κ2) is 3.31. The number of hydrogen-bond donors (Lipinski definition) is 0. The van der Waals surface area contributed by atoms with Crippen molar-refractivity contribution in [1.29, 1.82) is 0 Å². The van der Waals surface area contributed by atoms with Gasteiger partial charge in [0.2, 0.25) is 0 Å². The molecule has 0 amide bonds. The fraction of sp³-hybridized carbons (Fsp3) is 0.643. The van der Waals surface area contributed by atoms with Gasteiger partial charge in [-0.25, -0.2) is 0 Å². The first-order valence-corrected chi connectivity index (χ1v) is 11.9. The summed E-state index contributed by atoms with van der Waals surface area (Å²) in [7, 11) is 0. The molecule has 0 aromatic carbocycles. The molecule has 1 heterocycles. The zero-order valence-electron chi connectivity index (χ0n) is 10.7. The van der Waals surface area contributed by atoms with Crippen LogP contribution in [-0.2, 0) is 15.3 Å². The summed E-state index contributed by atoms with van der Waals surface area (Å²) in [6, 6.07) is 0. The molecule has 1 heteroatoms. The van der Waals surface area contributed by atoms with Gasteiger partial charge in [-0.15, -0.1) is 0 Å². The molecule has 0 atom stereocenters. The van der Waals surface area contributed by atoms with E-state index in [9.17, 15) is 0 Å². The molecule has 0 aromatic rings. The third kappa shape index (κ3) is 1.43. The van der Waals surface area contributed by atoms with E-state index < -0.39 is 15.3 Å². The number of allylic oxidation sites excluding steroid dienone is 4. The summed E-state index contributed by atoms with van der Waals surface area (Å²) >= 11 is -1.58. The van der Waals surface area contributed by atoms with Crippen LogP contribution < -0.4 is 0 Å². The molecule has 1 fully saturated rings. The molecule has 0 saturated carbocycles. The van der Waals surface area contributed by atoms with Crippen molar-refractivity contribution >= 4 is 0 Å². The van der Waals surface area contributed by atoms with E-state index in [0.29, 0.717) is 5.41 Å². The van der Waals surface area contributed by atoms with Gasteiger partial charge in [0.05, 0.1) is 0 Å². The Hall–Kier alpha value is 0.129. The summed E-state index contributed by atoms with van der Waals surface area (Å²) in [5, 5.41) is 0. The topological polar surface area (TPSA) is 0 Å². The summed E-state index contributed by atoms with van der Waals surface area (Å²) in [6.45, 7) is 16.1. The van der Waals surface area contributed by atoms with Gasteiger partial charge in [-0.2, -0.15) is 0 Å². The fourth-order valence-electron chi connectivity index (χ4n) is 2.72. The van der Waals surface area contributed by atoms with E-state index in [1.165, 1.54) is 4.93 Å². The first kappa shape index (κ1) is 11.6. The van der Waals surface area contributed by atoms with Gasteiger partial charge < -0.3 is 0 Å². The molecule has 0 unspecified atom stereocenters. The fourth-order valence-corrected chi connectivity index (χ4v) is 16.1. The predicted octanol–water partition coefficient (Wildman–Crippen LogP) is 4.89. The molecule has 15 heavy (non-hydrogen) atoms. The first-order chi connectivity index (χ1) is 6.87. The Bertz CT molecular complexity index is 365. The number of hydrogen-bond acceptors (Lipinski definition) is 0. The molecule has 1 saturated heterocycles. The van der Waals surface area contributed by atoms with Crippen LogP contribution in [0.1, 0.15) is 34.6 Å². The summed E-state index contributed by atoms with van der Waals surface area (Å²) in [6.07, 6.45) is 0. The van der Waals surface area contributed by atoms with Gasteiger partial charge in [0, 0.05) is 0 Å². The van der Waals surface area contributed by atoms with Crippen LogP contribution in [0.3, 0.4) is 0 Å². The molecule has 0 spiro atoms. The van der Waals surface area contributed by atoms with Gasteiger partial charge in [-0.05, 0) is 0 Å². The van der Waals surface area contributed by atoms with Gasteiger partial charge in [0.1, 0.15) is 0 Å². The molecule has 2 aliphatic rings. The first-order valence-electron chi connectivity index (χ1n) is 5.62. The normalized spacial score (nSPS) is 29.7. The van der Waals surface area contributed by atoms with Gasteiger partial charge in [-0.1, -0.05) is 0 Å². The van der Waals surface area contributed by atoms with E-state index >= 15 is 0 Å². The van der Waals surface area contributed by atoms with E-state index in [4.69, 9.17) is 0 Å². The van der Waals surface area contributed by atoms with Crippen LogP contribution in [0, 0.1) is 12.3 Å². The zero-order chi connectivity index (χ0) is 11.4.